The normalized spacial score (nSPS) is 9.93. The number of anilines is 1. The number of benzene rings is 1. The molecule has 1 rings (SSSR count). The van der Waals surface area contributed by atoms with E-state index in [1.165, 1.54) is 6.92 Å². The van der Waals surface area contributed by atoms with Crippen LogP contribution >= 0.6 is 11.6 Å². The number of carbonyl (C=O) groups excluding carboxylic acids is 1. The van der Waals surface area contributed by atoms with Crippen molar-refractivity contribution in [1.82, 2.24) is 4.90 Å². The fourth-order valence-corrected chi connectivity index (χ4v) is 1.26. The molecule has 0 aliphatic rings. The maximum Gasteiger partial charge on any atom is 0.219 e. The van der Waals surface area contributed by atoms with Gasteiger partial charge in [-0.2, -0.15) is 0 Å². The lowest BCUT2D eigenvalue weighted by molar-refractivity contribution is -0.128. The molecule has 14 heavy (non-hydrogen) atoms. The second kappa shape index (κ2) is 4.33. The first-order chi connectivity index (χ1) is 6.50. The molecule has 76 valence electrons. The summed E-state index contributed by atoms with van der Waals surface area (Å²) in [6, 6.07) is 5.25. The molecule has 0 aliphatic heterocycles. The van der Waals surface area contributed by atoms with Crippen molar-refractivity contribution in [3.8, 4) is 0 Å². The van der Waals surface area contributed by atoms with E-state index in [1.54, 1.807) is 30.1 Å². The number of nitrogens with two attached hydrogens (primary N) is 1. The van der Waals surface area contributed by atoms with E-state index in [0.717, 1.165) is 5.56 Å². The fraction of sp³-hybridized carbons (Fsp3) is 0.300. The van der Waals surface area contributed by atoms with Gasteiger partial charge in [-0.3, -0.25) is 4.79 Å². The highest BCUT2D eigenvalue weighted by atomic mass is 35.5. The summed E-state index contributed by atoms with van der Waals surface area (Å²) in [4.78, 5) is 12.6. The van der Waals surface area contributed by atoms with Gasteiger partial charge in [-0.05, 0) is 23.8 Å². The number of hydrogen-bond acceptors (Lipinski definition) is 2. The van der Waals surface area contributed by atoms with E-state index in [1.807, 2.05) is 0 Å². The molecule has 0 radical (unpaired) electrons. The van der Waals surface area contributed by atoms with Gasteiger partial charge in [0.1, 0.15) is 0 Å². The third-order valence-electron chi connectivity index (χ3n) is 2.01. The molecule has 0 atom stereocenters. The van der Waals surface area contributed by atoms with Gasteiger partial charge in [0, 0.05) is 31.2 Å². The maximum atomic E-state index is 11.0. The van der Waals surface area contributed by atoms with Crippen molar-refractivity contribution in [3.05, 3.63) is 28.8 Å². The van der Waals surface area contributed by atoms with Crippen molar-refractivity contribution in [1.29, 1.82) is 0 Å². The lowest BCUT2D eigenvalue weighted by Crippen LogP contribution is -2.23. The molecule has 1 amide bonds. The Labute approximate surface area is 88.5 Å². The summed E-state index contributed by atoms with van der Waals surface area (Å²) in [6.07, 6.45) is 0. The van der Waals surface area contributed by atoms with Crippen LogP contribution < -0.4 is 5.73 Å². The van der Waals surface area contributed by atoms with Crippen molar-refractivity contribution in [2.45, 2.75) is 13.5 Å². The summed E-state index contributed by atoms with van der Waals surface area (Å²) in [6.45, 7) is 2.00. The molecule has 0 unspecified atom stereocenters. The van der Waals surface area contributed by atoms with Crippen molar-refractivity contribution < 1.29 is 4.79 Å². The van der Waals surface area contributed by atoms with Gasteiger partial charge in [0.05, 0.1) is 0 Å². The molecule has 0 saturated heterocycles. The number of amides is 1. The van der Waals surface area contributed by atoms with Crippen LogP contribution in [0.1, 0.15) is 12.5 Å². The first-order valence-corrected chi connectivity index (χ1v) is 4.64. The Kier molecular flexibility index (Phi) is 3.36. The molecule has 0 heterocycles. The minimum Gasteiger partial charge on any atom is -0.399 e. The van der Waals surface area contributed by atoms with Crippen LogP contribution in [0.4, 0.5) is 5.69 Å². The molecule has 3 nitrogen and oxygen atoms in total. The first kappa shape index (κ1) is 10.9. The number of nitrogens with zero attached hydrogens (tertiary/aromatic N) is 1. The molecule has 0 bridgehead atoms. The molecule has 0 fully saturated rings. The van der Waals surface area contributed by atoms with E-state index < -0.39 is 0 Å². The Balaban J connectivity index is 2.85. The standard InChI is InChI=1S/C10H13ClN2O/c1-7(14)13(2)6-8-5-9(12)3-4-10(8)11/h3-5H,6,12H2,1-2H3. The van der Waals surface area contributed by atoms with Gasteiger partial charge >= 0.3 is 0 Å². The van der Waals surface area contributed by atoms with Gasteiger partial charge in [0.15, 0.2) is 0 Å². The second-order valence-electron chi connectivity index (χ2n) is 3.23. The van der Waals surface area contributed by atoms with Crippen LogP contribution in [-0.4, -0.2) is 17.9 Å². The van der Waals surface area contributed by atoms with Gasteiger partial charge in [-0.15, -0.1) is 0 Å². The Morgan fingerprint density at radius 2 is 2.21 bits per heavy atom. The summed E-state index contributed by atoms with van der Waals surface area (Å²) in [5.41, 5.74) is 7.14. The lowest BCUT2D eigenvalue weighted by atomic mass is 10.2. The van der Waals surface area contributed by atoms with Gasteiger partial charge in [0.2, 0.25) is 5.91 Å². The zero-order valence-electron chi connectivity index (χ0n) is 8.25. The first-order valence-electron chi connectivity index (χ1n) is 4.26. The van der Waals surface area contributed by atoms with Crippen molar-refractivity contribution in [2.24, 2.45) is 0 Å². The maximum absolute atomic E-state index is 11.0. The summed E-state index contributed by atoms with van der Waals surface area (Å²) in [7, 11) is 1.72. The van der Waals surface area contributed by atoms with E-state index in [2.05, 4.69) is 0 Å². The third kappa shape index (κ3) is 2.64. The highest BCUT2D eigenvalue weighted by molar-refractivity contribution is 6.31. The van der Waals surface area contributed by atoms with Crippen LogP contribution in [0.5, 0.6) is 0 Å². The Bertz CT molecular complexity index is 352. The minimum absolute atomic E-state index is 0.00323. The fourth-order valence-electron chi connectivity index (χ4n) is 1.08. The average molecular weight is 213 g/mol. The second-order valence-corrected chi connectivity index (χ2v) is 3.63. The SMILES string of the molecule is CC(=O)N(C)Cc1cc(N)ccc1Cl. The summed E-state index contributed by atoms with van der Waals surface area (Å²) >= 11 is 5.95. The molecule has 1 aromatic carbocycles. The topological polar surface area (TPSA) is 46.3 Å². The molecular formula is C10H13ClN2O. The Hall–Kier alpha value is -1.22. The zero-order chi connectivity index (χ0) is 10.7. The average Bonchev–Trinajstić information content (AvgIpc) is 2.11. The smallest absolute Gasteiger partial charge is 0.219 e. The van der Waals surface area contributed by atoms with E-state index in [4.69, 9.17) is 17.3 Å². The van der Waals surface area contributed by atoms with Gasteiger partial charge in [0.25, 0.3) is 0 Å². The van der Waals surface area contributed by atoms with Crippen molar-refractivity contribution in [2.75, 3.05) is 12.8 Å². The summed E-state index contributed by atoms with van der Waals surface area (Å²) < 4.78 is 0. The molecule has 2 N–H and O–H groups in total. The number of rotatable bonds is 2. The van der Waals surface area contributed by atoms with Gasteiger partial charge in [-0.25, -0.2) is 0 Å². The van der Waals surface area contributed by atoms with Crippen molar-refractivity contribution >= 4 is 23.2 Å². The molecule has 0 saturated carbocycles. The summed E-state index contributed by atoms with van der Waals surface area (Å²) in [5, 5.41) is 0.632. The van der Waals surface area contributed by atoms with Crippen LogP contribution in [0.2, 0.25) is 5.02 Å². The van der Waals surface area contributed by atoms with E-state index in [0.29, 0.717) is 17.3 Å². The highest BCUT2D eigenvalue weighted by Gasteiger charge is 2.06. The number of halogens is 1. The molecule has 0 aromatic heterocycles. The van der Waals surface area contributed by atoms with E-state index in [-0.39, 0.29) is 5.91 Å². The van der Waals surface area contributed by atoms with Crippen molar-refractivity contribution in [3.63, 3.8) is 0 Å². The third-order valence-corrected chi connectivity index (χ3v) is 2.38. The predicted molar refractivity (Wildman–Crippen MR) is 58.0 cm³/mol. The monoisotopic (exact) mass is 212 g/mol. The zero-order valence-corrected chi connectivity index (χ0v) is 9.01. The lowest BCUT2D eigenvalue weighted by Gasteiger charge is -2.15. The highest BCUT2D eigenvalue weighted by Crippen LogP contribution is 2.20. The van der Waals surface area contributed by atoms with E-state index >= 15 is 0 Å². The van der Waals surface area contributed by atoms with Gasteiger partial charge in [-0.1, -0.05) is 11.6 Å². The molecule has 4 heteroatoms. The van der Waals surface area contributed by atoms with Crippen LogP contribution in [-0.2, 0) is 11.3 Å². The Morgan fingerprint density at radius 1 is 1.57 bits per heavy atom. The predicted octanol–water partition coefficient (Wildman–Crippen LogP) is 1.90. The number of carbonyl (C=O) groups is 1. The van der Waals surface area contributed by atoms with Crippen LogP contribution in [0.25, 0.3) is 0 Å². The molecular weight excluding hydrogens is 200 g/mol. The quantitative estimate of drug-likeness (QED) is 0.762. The van der Waals surface area contributed by atoms with Gasteiger partial charge < -0.3 is 10.6 Å². The number of hydrogen-bond donors (Lipinski definition) is 1. The minimum atomic E-state index is 0.00323. The van der Waals surface area contributed by atoms with E-state index in [9.17, 15) is 4.79 Å². The van der Waals surface area contributed by atoms with Crippen LogP contribution in [0.3, 0.4) is 0 Å². The largest absolute Gasteiger partial charge is 0.399 e. The summed E-state index contributed by atoms with van der Waals surface area (Å²) in [5.74, 6) is 0.00323. The van der Waals surface area contributed by atoms with Crippen LogP contribution in [0, 0.1) is 0 Å². The molecule has 0 aliphatic carbocycles. The van der Waals surface area contributed by atoms with Crippen LogP contribution in [0.15, 0.2) is 18.2 Å². The Morgan fingerprint density at radius 3 is 2.79 bits per heavy atom. The molecule has 0 spiro atoms. The molecule has 1 aromatic rings. The number of nitrogen functional groups attached to an aromatic ring is 1.